The van der Waals surface area contributed by atoms with Gasteiger partial charge in [-0.25, -0.2) is 4.79 Å². The number of hydrogen-bond donors (Lipinski definition) is 2. The molecule has 1 aromatic rings. The summed E-state index contributed by atoms with van der Waals surface area (Å²) in [4.78, 5) is 27.8. The zero-order chi connectivity index (χ0) is 18.1. The predicted molar refractivity (Wildman–Crippen MR) is 94.3 cm³/mol. The van der Waals surface area contributed by atoms with Crippen LogP contribution in [0.1, 0.15) is 79.1 Å². The number of nitrogens with one attached hydrogen (secondary N) is 2. The van der Waals surface area contributed by atoms with Crippen LogP contribution in [0.5, 0.6) is 0 Å². The van der Waals surface area contributed by atoms with Gasteiger partial charge in [-0.3, -0.25) is 4.79 Å². The number of amides is 1. The highest BCUT2D eigenvalue weighted by molar-refractivity contribution is 6.01. The topological polar surface area (TPSA) is 71.2 Å². The van der Waals surface area contributed by atoms with E-state index in [9.17, 15) is 9.59 Å². The van der Waals surface area contributed by atoms with Gasteiger partial charge in [-0.15, -0.1) is 0 Å². The van der Waals surface area contributed by atoms with Crippen molar-refractivity contribution in [1.29, 1.82) is 0 Å². The number of carbonyl (C=O) groups excluding carboxylic acids is 2. The monoisotopic (exact) mass is 334 g/mol. The Morgan fingerprint density at radius 2 is 1.96 bits per heavy atom. The minimum absolute atomic E-state index is 0.105. The van der Waals surface area contributed by atoms with Crippen molar-refractivity contribution >= 4 is 11.9 Å². The number of carbonyl (C=O) groups is 2. The SMILES string of the molecule is CCOC(=O)c1[nH]c(C)c(C(=O)N[C@H]2C[C@H](C)CC(C)(C)C2)c1C. The molecule has 0 unspecified atom stereocenters. The summed E-state index contributed by atoms with van der Waals surface area (Å²) in [7, 11) is 0. The van der Waals surface area contributed by atoms with Gasteiger partial charge in [-0.2, -0.15) is 0 Å². The molecule has 1 aliphatic rings. The number of aryl methyl sites for hydroxylation is 1. The molecular formula is C19H30N2O3. The van der Waals surface area contributed by atoms with E-state index in [4.69, 9.17) is 4.74 Å². The van der Waals surface area contributed by atoms with Crippen LogP contribution in [0.4, 0.5) is 0 Å². The van der Waals surface area contributed by atoms with Crippen LogP contribution in [0.25, 0.3) is 0 Å². The number of ether oxygens (including phenoxy) is 1. The summed E-state index contributed by atoms with van der Waals surface area (Å²) in [5, 5.41) is 3.18. The molecule has 0 spiro atoms. The first-order valence-electron chi connectivity index (χ1n) is 8.81. The van der Waals surface area contributed by atoms with Crippen molar-refractivity contribution in [3.8, 4) is 0 Å². The number of hydrogen-bond acceptors (Lipinski definition) is 3. The third-order valence-corrected chi connectivity index (χ3v) is 4.87. The second-order valence-corrected chi connectivity index (χ2v) is 7.93. The smallest absolute Gasteiger partial charge is 0.355 e. The van der Waals surface area contributed by atoms with E-state index in [1.807, 2.05) is 6.92 Å². The molecular weight excluding hydrogens is 304 g/mol. The maximum absolute atomic E-state index is 12.8. The summed E-state index contributed by atoms with van der Waals surface area (Å²) in [5.41, 5.74) is 2.54. The van der Waals surface area contributed by atoms with E-state index in [0.29, 0.717) is 35.0 Å². The lowest BCUT2D eigenvalue weighted by Gasteiger charge is -2.39. The molecule has 2 atom stereocenters. The van der Waals surface area contributed by atoms with Crippen LogP contribution in [0.2, 0.25) is 0 Å². The number of aromatic amines is 1. The van der Waals surface area contributed by atoms with Crippen molar-refractivity contribution < 1.29 is 14.3 Å². The molecule has 2 rings (SSSR count). The third-order valence-electron chi connectivity index (χ3n) is 4.87. The molecule has 1 saturated carbocycles. The van der Waals surface area contributed by atoms with Crippen molar-refractivity contribution in [3.05, 3.63) is 22.5 Å². The van der Waals surface area contributed by atoms with Gasteiger partial charge < -0.3 is 15.0 Å². The Morgan fingerprint density at radius 1 is 1.29 bits per heavy atom. The van der Waals surface area contributed by atoms with Crippen LogP contribution in [0.3, 0.4) is 0 Å². The van der Waals surface area contributed by atoms with E-state index >= 15 is 0 Å². The van der Waals surface area contributed by atoms with E-state index in [1.165, 1.54) is 6.42 Å². The largest absolute Gasteiger partial charge is 0.461 e. The van der Waals surface area contributed by atoms with Crippen LogP contribution >= 0.6 is 0 Å². The number of rotatable bonds is 4. The molecule has 1 aliphatic carbocycles. The molecule has 1 aromatic heterocycles. The predicted octanol–water partition coefficient (Wildman–Crippen LogP) is 3.75. The Balaban J connectivity index is 2.17. The molecule has 5 nitrogen and oxygen atoms in total. The molecule has 24 heavy (non-hydrogen) atoms. The highest BCUT2D eigenvalue weighted by Crippen LogP contribution is 2.38. The molecule has 0 radical (unpaired) electrons. The molecule has 5 heteroatoms. The Bertz CT molecular complexity index is 631. The molecule has 1 fully saturated rings. The molecule has 1 heterocycles. The van der Waals surface area contributed by atoms with Crippen LogP contribution in [-0.4, -0.2) is 29.5 Å². The Labute approximate surface area is 144 Å². The first-order chi connectivity index (χ1) is 11.1. The van der Waals surface area contributed by atoms with Crippen LogP contribution in [-0.2, 0) is 4.74 Å². The van der Waals surface area contributed by atoms with E-state index in [2.05, 4.69) is 31.1 Å². The van der Waals surface area contributed by atoms with Gasteiger partial charge in [0, 0.05) is 11.7 Å². The maximum Gasteiger partial charge on any atom is 0.355 e. The highest BCUT2D eigenvalue weighted by Gasteiger charge is 2.33. The first-order valence-corrected chi connectivity index (χ1v) is 8.81. The van der Waals surface area contributed by atoms with E-state index in [1.54, 1.807) is 13.8 Å². The lowest BCUT2D eigenvalue weighted by Crippen LogP contribution is -2.43. The molecule has 134 valence electrons. The zero-order valence-electron chi connectivity index (χ0n) is 15.7. The molecule has 2 N–H and O–H groups in total. The number of H-pyrrole nitrogens is 1. The van der Waals surface area contributed by atoms with Gasteiger partial charge in [-0.05, 0) is 56.9 Å². The molecule has 0 saturated heterocycles. The van der Waals surface area contributed by atoms with Gasteiger partial charge in [-0.1, -0.05) is 20.8 Å². The van der Waals surface area contributed by atoms with Crippen LogP contribution in [0, 0.1) is 25.2 Å². The van der Waals surface area contributed by atoms with Crippen molar-refractivity contribution in [3.63, 3.8) is 0 Å². The lowest BCUT2D eigenvalue weighted by molar-refractivity contribution is 0.0519. The van der Waals surface area contributed by atoms with Crippen LogP contribution < -0.4 is 5.32 Å². The molecule has 0 aliphatic heterocycles. The average molecular weight is 334 g/mol. The second-order valence-electron chi connectivity index (χ2n) is 7.93. The molecule has 0 bridgehead atoms. The van der Waals surface area contributed by atoms with Gasteiger partial charge in [0.15, 0.2) is 0 Å². The summed E-state index contributed by atoms with van der Waals surface area (Å²) >= 11 is 0. The fourth-order valence-corrected chi connectivity index (χ4v) is 4.21. The summed E-state index contributed by atoms with van der Waals surface area (Å²) in [6, 6.07) is 0.177. The Hall–Kier alpha value is -1.78. The van der Waals surface area contributed by atoms with Crippen molar-refractivity contribution in [1.82, 2.24) is 10.3 Å². The summed E-state index contributed by atoms with van der Waals surface area (Å²) in [6.45, 7) is 12.4. The van der Waals surface area contributed by atoms with E-state index < -0.39 is 5.97 Å². The van der Waals surface area contributed by atoms with Gasteiger partial charge >= 0.3 is 5.97 Å². The minimum Gasteiger partial charge on any atom is -0.461 e. The molecule has 1 amide bonds. The minimum atomic E-state index is -0.412. The molecule has 0 aromatic carbocycles. The van der Waals surface area contributed by atoms with Gasteiger partial charge in [0.25, 0.3) is 5.91 Å². The Kier molecular flexibility index (Phi) is 5.41. The van der Waals surface area contributed by atoms with Crippen molar-refractivity contribution in [2.24, 2.45) is 11.3 Å². The third kappa shape index (κ3) is 4.00. The maximum atomic E-state index is 12.8. The van der Waals surface area contributed by atoms with Crippen molar-refractivity contribution in [2.45, 2.75) is 66.8 Å². The van der Waals surface area contributed by atoms with Gasteiger partial charge in [0.2, 0.25) is 0 Å². The summed E-state index contributed by atoms with van der Waals surface area (Å²) in [6.07, 6.45) is 3.17. The summed E-state index contributed by atoms with van der Waals surface area (Å²) < 4.78 is 5.05. The van der Waals surface area contributed by atoms with Crippen LogP contribution in [0.15, 0.2) is 0 Å². The fourth-order valence-electron chi connectivity index (χ4n) is 4.21. The quantitative estimate of drug-likeness (QED) is 0.824. The average Bonchev–Trinajstić information content (AvgIpc) is 2.71. The van der Waals surface area contributed by atoms with E-state index in [-0.39, 0.29) is 17.4 Å². The fraction of sp³-hybridized carbons (Fsp3) is 0.684. The number of esters is 1. The number of aromatic nitrogens is 1. The Morgan fingerprint density at radius 3 is 2.54 bits per heavy atom. The second kappa shape index (κ2) is 6.99. The normalized spacial score (nSPS) is 22.9. The first kappa shape index (κ1) is 18.6. The summed E-state index contributed by atoms with van der Waals surface area (Å²) in [5.74, 6) is 0.0823. The van der Waals surface area contributed by atoms with Crippen molar-refractivity contribution in [2.75, 3.05) is 6.61 Å². The van der Waals surface area contributed by atoms with Gasteiger partial charge in [0.1, 0.15) is 5.69 Å². The standard InChI is InChI=1S/C19H30N2O3/c1-7-24-18(23)16-12(3)15(13(4)20-16)17(22)21-14-8-11(2)9-19(5,6)10-14/h11,14,20H,7-10H2,1-6H3,(H,21,22)/t11-,14-/m0/s1. The zero-order valence-corrected chi connectivity index (χ0v) is 15.7. The highest BCUT2D eigenvalue weighted by atomic mass is 16.5. The lowest BCUT2D eigenvalue weighted by atomic mass is 9.70. The van der Waals surface area contributed by atoms with E-state index in [0.717, 1.165) is 12.8 Å². The van der Waals surface area contributed by atoms with Gasteiger partial charge in [0.05, 0.1) is 12.2 Å².